The molecule has 7 heteroatoms. The van der Waals surface area contributed by atoms with Crippen molar-refractivity contribution >= 4 is 29.1 Å². The van der Waals surface area contributed by atoms with Gasteiger partial charge in [-0.25, -0.2) is 0 Å². The highest BCUT2D eigenvalue weighted by Gasteiger charge is 2.04. The van der Waals surface area contributed by atoms with E-state index < -0.39 is 0 Å². The van der Waals surface area contributed by atoms with Crippen LogP contribution in [0.4, 0.5) is 17.5 Å². The van der Waals surface area contributed by atoms with Crippen LogP contribution in [0.1, 0.15) is 11.3 Å². The van der Waals surface area contributed by atoms with E-state index in [9.17, 15) is 0 Å². The largest absolute Gasteiger partial charge is 0.467 e. The van der Waals surface area contributed by atoms with E-state index in [2.05, 4.69) is 25.8 Å². The first-order valence-corrected chi connectivity index (χ1v) is 7.07. The van der Waals surface area contributed by atoms with Crippen molar-refractivity contribution < 1.29 is 4.42 Å². The highest BCUT2D eigenvalue weighted by atomic mass is 35.5. The second-order valence-corrected chi connectivity index (χ2v) is 5.12. The standard InChI is InChI=1S/C15H14ClN5O/c1-10-7-11(16)4-5-13(10)19-14-9-18-21-15(20-14)17-8-12-3-2-6-22-12/h2-7,9H,8H2,1H3,(H2,17,19,20,21). The number of nitrogens with one attached hydrogen (secondary N) is 2. The summed E-state index contributed by atoms with van der Waals surface area (Å²) in [5, 5.41) is 14.8. The Morgan fingerprint density at radius 1 is 1.27 bits per heavy atom. The average molecular weight is 316 g/mol. The third-order valence-corrected chi connectivity index (χ3v) is 3.25. The van der Waals surface area contributed by atoms with E-state index in [1.807, 2.05) is 37.3 Å². The number of furan rings is 1. The summed E-state index contributed by atoms with van der Waals surface area (Å²) in [5.74, 6) is 1.82. The molecule has 3 rings (SSSR count). The van der Waals surface area contributed by atoms with Crippen molar-refractivity contribution in [2.24, 2.45) is 0 Å². The lowest BCUT2D eigenvalue weighted by molar-refractivity contribution is 0.517. The average Bonchev–Trinajstić information content (AvgIpc) is 3.02. The lowest BCUT2D eigenvalue weighted by Crippen LogP contribution is -2.06. The molecule has 112 valence electrons. The molecule has 0 amide bonds. The zero-order valence-corrected chi connectivity index (χ0v) is 12.6. The van der Waals surface area contributed by atoms with Crippen LogP contribution in [0.2, 0.25) is 5.02 Å². The summed E-state index contributed by atoms with van der Waals surface area (Å²) in [6.07, 6.45) is 3.18. The molecule has 6 nitrogen and oxygen atoms in total. The van der Waals surface area contributed by atoms with Gasteiger partial charge in [0.25, 0.3) is 0 Å². The number of benzene rings is 1. The highest BCUT2D eigenvalue weighted by Crippen LogP contribution is 2.22. The second-order valence-electron chi connectivity index (χ2n) is 4.68. The van der Waals surface area contributed by atoms with Crippen LogP contribution in [-0.4, -0.2) is 15.2 Å². The Labute approximate surface area is 132 Å². The Morgan fingerprint density at radius 3 is 2.95 bits per heavy atom. The van der Waals surface area contributed by atoms with Crippen LogP contribution in [0.15, 0.2) is 47.2 Å². The van der Waals surface area contributed by atoms with E-state index in [0.717, 1.165) is 17.0 Å². The Morgan fingerprint density at radius 2 is 2.18 bits per heavy atom. The summed E-state index contributed by atoms with van der Waals surface area (Å²) < 4.78 is 5.24. The first-order valence-electron chi connectivity index (χ1n) is 6.70. The lowest BCUT2D eigenvalue weighted by Gasteiger charge is -2.09. The predicted octanol–water partition coefficient (Wildman–Crippen LogP) is 3.78. The van der Waals surface area contributed by atoms with Crippen molar-refractivity contribution in [2.45, 2.75) is 13.5 Å². The molecule has 0 spiro atoms. The minimum absolute atomic E-state index is 0.424. The van der Waals surface area contributed by atoms with Crippen molar-refractivity contribution in [1.82, 2.24) is 15.2 Å². The summed E-state index contributed by atoms with van der Waals surface area (Å²) in [4.78, 5) is 4.36. The number of rotatable bonds is 5. The van der Waals surface area contributed by atoms with Gasteiger partial charge in [-0.3, -0.25) is 0 Å². The summed E-state index contributed by atoms with van der Waals surface area (Å²) in [7, 11) is 0. The number of aryl methyl sites for hydroxylation is 1. The quantitative estimate of drug-likeness (QED) is 0.746. The fraction of sp³-hybridized carbons (Fsp3) is 0.133. The number of halogens is 1. The van der Waals surface area contributed by atoms with E-state index in [4.69, 9.17) is 16.0 Å². The molecule has 0 saturated heterocycles. The first-order chi connectivity index (χ1) is 10.7. The van der Waals surface area contributed by atoms with Crippen molar-refractivity contribution in [3.8, 4) is 0 Å². The number of hydrogen-bond donors (Lipinski definition) is 2. The maximum Gasteiger partial charge on any atom is 0.245 e. The van der Waals surface area contributed by atoms with Gasteiger partial charge in [0.1, 0.15) is 5.76 Å². The Balaban J connectivity index is 1.70. The zero-order valence-electron chi connectivity index (χ0n) is 11.9. The lowest BCUT2D eigenvalue weighted by atomic mass is 10.2. The third kappa shape index (κ3) is 3.53. The van der Waals surface area contributed by atoms with Gasteiger partial charge in [-0.05, 0) is 42.8 Å². The van der Waals surface area contributed by atoms with Gasteiger partial charge in [-0.15, -0.1) is 5.10 Å². The minimum atomic E-state index is 0.424. The second kappa shape index (κ2) is 6.44. The number of hydrogen-bond acceptors (Lipinski definition) is 6. The van der Waals surface area contributed by atoms with Crippen LogP contribution >= 0.6 is 11.6 Å². The van der Waals surface area contributed by atoms with Crippen LogP contribution in [0.25, 0.3) is 0 Å². The van der Waals surface area contributed by atoms with E-state index in [0.29, 0.717) is 23.3 Å². The fourth-order valence-electron chi connectivity index (χ4n) is 1.92. The monoisotopic (exact) mass is 315 g/mol. The van der Waals surface area contributed by atoms with Gasteiger partial charge >= 0.3 is 0 Å². The molecule has 2 heterocycles. The van der Waals surface area contributed by atoms with E-state index >= 15 is 0 Å². The maximum atomic E-state index is 5.95. The fourth-order valence-corrected chi connectivity index (χ4v) is 2.15. The van der Waals surface area contributed by atoms with Crippen LogP contribution in [0.5, 0.6) is 0 Å². The highest BCUT2D eigenvalue weighted by molar-refractivity contribution is 6.30. The molecule has 0 radical (unpaired) electrons. The number of nitrogens with zero attached hydrogens (tertiary/aromatic N) is 3. The molecule has 2 N–H and O–H groups in total. The van der Waals surface area contributed by atoms with Crippen molar-refractivity contribution in [3.63, 3.8) is 0 Å². The zero-order chi connectivity index (χ0) is 15.4. The third-order valence-electron chi connectivity index (χ3n) is 3.01. The Hall–Kier alpha value is -2.60. The molecular formula is C15H14ClN5O. The first kappa shape index (κ1) is 14.3. The molecule has 0 atom stereocenters. The predicted molar refractivity (Wildman–Crippen MR) is 85.3 cm³/mol. The van der Waals surface area contributed by atoms with E-state index in [-0.39, 0.29) is 0 Å². The van der Waals surface area contributed by atoms with E-state index in [1.54, 1.807) is 12.5 Å². The molecule has 2 aromatic heterocycles. The molecule has 1 aromatic carbocycles. The van der Waals surface area contributed by atoms with Crippen LogP contribution in [-0.2, 0) is 6.54 Å². The SMILES string of the molecule is Cc1cc(Cl)ccc1Nc1cnnc(NCc2ccco2)n1. The molecule has 0 aliphatic carbocycles. The molecule has 0 aliphatic rings. The molecule has 0 fully saturated rings. The normalized spacial score (nSPS) is 10.5. The van der Waals surface area contributed by atoms with Crippen LogP contribution < -0.4 is 10.6 Å². The van der Waals surface area contributed by atoms with Gasteiger partial charge in [0.2, 0.25) is 5.95 Å². The number of aromatic nitrogens is 3. The summed E-state index contributed by atoms with van der Waals surface area (Å²) >= 11 is 5.95. The molecule has 0 unspecified atom stereocenters. The van der Waals surface area contributed by atoms with Crippen LogP contribution in [0.3, 0.4) is 0 Å². The van der Waals surface area contributed by atoms with Gasteiger partial charge in [0.15, 0.2) is 5.82 Å². The van der Waals surface area contributed by atoms with Gasteiger partial charge in [0.05, 0.1) is 19.0 Å². The molecule has 3 aromatic rings. The maximum absolute atomic E-state index is 5.95. The van der Waals surface area contributed by atoms with Crippen molar-refractivity contribution in [2.75, 3.05) is 10.6 Å². The van der Waals surface area contributed by atoms with Gasteiger partial charge < -0.3 is 15.1 Å². The molecule has 0 aliphatic heterocycles. The Bertz CT molecular complexity index is 760. The van der Waals surface area contributed by atoms with E-state index in [1.165, 1.54) is 0 Å². The smallest absolute Gasteiger partial charge is 0.245 e. The van der Waals surface area contributed by atoms with Crippen molar-refractivity contribution in [3.05, 3.63) is 59.1 Å². The van der Waals surface area contributed by atoms with Gasteiger partial charge in [0, 0.05) is 10.7 Å². The molecule has 0 bridgehead atoms. The topological polar surface area (TPSA) is 75.9 Å². The minimum Gasteiger partial charge on any atom is -0.467 e. The summed E-state index contributed by atoms with van der Waals surface area (Å²) in [6.45, 7) is 2.47. The summed E-state index contributed by atoms with van der Waals surface area (Å²) in [5.41, 5.74) is 1.94. The van der Waals surface area contributed by atoms with Gasteiger partial charge in [-0.2, -0.15) is 10.1 Å². The Kier molecular flexibility index (Phi) is 4.20. The summed E-state index contributed by atoms with van der Waals surface area (Å²) in [6, 6.07) is 9.31. The molecule has 0 saturated carbocycles. The molecular weight excluding hydrogens is 302 g/mol. The van der Waals surface area contributed by atoms with Crippen LogP contribution in [0, 0.1) is 6.92 Å². The van der Waals surface area contributed by atoms with Gasteiger partial charge in [-0.1, -0.05) is 11.6 Å². The molecule has 22 heavy (non-hydrogen) atoms. The van der Waals surface area contributed by atoms with Crippen molar-refractivity contribution in [1.29, 1.82) is 0 Å². The number of anilines is 3.